The standard InChI is InChI=1S/C20H20ClF3N2O2/c21-15-4-1-13(2-5-15)11-18(27)26-16-6-8-17(9-7-16)28-19-10-3-14(12-25-19)20(22,23)24/h1-5,10,12,16-17H,6-9,11H2,(H,26,27). The Balaban J connectivity index is 1.43. The number of nitrogens with one attached hydrogen (secondary N) is 1. The maximum atomic E-state index is 12.6. The molecule has 0 spiro atoms. The average molecular weight is 413 g/mol. The van der Waals surface area contributed by atoms with Gasteiger partial charge in [0.05, 0.1) is 12.0 Å². The molecule has 28 heavy (non-hydrogen) atoms. The van der Waals surface area contributed by atoms with Crippen molar-refractivity contribution in [1.29, 1.82) is 0 Å². The molecule has 1 aliphatic carbocycles. The van der Waals surface area contributed by atoms with Crippen molar-refractivity contribution in [2.45, 2.75) is 50.4 Å². The minimum Gasteiger partial charge on any atom is -0.474 e. The fraction of sp³-hybridized carbons (Fsp3) is 0.400. The molecule has 2 aromatic rings. The minimum absolute atomic E-state index is 0.0453. The van der Waals surface area contributed by atoms with Crippen LogP contribution in [0, 0.1) is 0 Å². The normalized spacial score (nSPS) is 19.9. The molecule has 8 heteroatoms. The highest BCUT2D eigenvalue weighted by Crippen LogP contribution is 2.30. The second-order valence-electron chi connectivity index (χ2n) is 6.85. The van der Waals surface area contributed by atoms with Gasteiger partial charge in [-0.2, -0.15) is 13.2 Å². The van der Waals surface area contributed by atoms with Crippen molar-refractivity contribution >= 4 is 17.5 Å². The molecule has 1 aromatic carbocycles. The van der Waals surface area contributed by atoms with E-state index in [0.29, 0.717) is 24.3 Å². The summed E-state index contributed by atoms with van der Waals surface area (Å²) >= 11 is 5.84. The van der Waals surface area contributed by atoms with Crippen LogP contribution in [0.3, 0.4) is 0 Å². The summed E-state index contributed by atoms with van der Waals surface area (Å²) in [5.74, 6) is 0.138. The minimum atomic E-state index is -4.41. The largest absolute Gasteiger partial charge is 0.474 e. The van der Waals surface area contributed by atoms with E-state index in [0.717, 1.165) is 30.7 Å². The molecule has 1 saturated carbocycles. The summed E-state index contributed by atoms with van der Waals surface area (Å²) in [4.78, 5) is 15.9. The van der Waals surface area contributed by atoms with Crippen molar-refractivity contribution in [2.75, 3.05) is 0 Å². The highest BCUT2D eigenvalue weighted by atomic mass is 35.5. The van der Waals surface area contributed by atoms with E-state index >= 15 is 0 Å². The number of hydrogen-bond acceptors (Lipinski definition) is 3. The van der Waals surface area contributed by atoms with E-state index in [4.69, 9.17) is 16.3 Å². The van der Waals surface area contributed by atoms with Gasteiger partial charge in [-0.1, -0.05) is 23.7 Å². The number of amides is 1. The number of carbonyl (C=O) groups is 1. The number of ether oxygens (including phenoxy) is 1. The van der Waals surface area contributed by atoms with Crippen molar-refractivity contribution in [3.05, 3.63) is 58.7 Å². The van der Waals surface area contributed by atoms with Gasteiger partial charge in [0.25, 0.3) is 0 Å². The predicted octanol–water partition coefficient (Wildman–Crippen LogP) is 4.80. The van der Waals surface area contributed by atoms with E-state index in [1.165, 1.54) is 6.07 Å². The molecule has 0 aliphatic heterocycles. The summed E-state index contributed by atoms with van der Waals surface area (Å²) in [5.41, 5.74) is 0.0965. The van der Waals surface area contributed by atoms with Gasteiger partial charge in [0.1, 0.15) is 6.10 Å². The molecular formula is C20H20ClF3N2O2. The van der Waals surface area contributed by atoms with Crippen LogP contribution in [0.2, 0.25) is 5.02 Å². The summed E-state index contributed by atoms with van der Waals surface area (Å²) in [6.07, 6.45) is -0.554. The zero-order valence-corrected chi connectivity index (χ0v) is 15.8. The fourth-order valence-corrected chi connectivity index (χ4v) is 3.31. The first-order valence-electron chi connectivity index (χ1n) is 9.03. The number of pyridine rings is 1. The van der Waals surface area contributed by atoms with Gasteiger partial charge in [0, 0.05) is 23.3 Å². The lowest BCUT2D eigenvalue weighted by Gasteiger charge is -2.29. The van der Waals surface area contributed by atoms with Crippen LogP contribution in [0.1, 0.15) is 36.8 Å². The lowest BCUT2D eigenvalue weighted by atomic mass is 9.92. The fourth-order valence-electron chi connectivity index (χ4n) is 3.18. The first kappa shape index (κ1) is 20.5. The van der Waals surface area contributed by atoms with Crippen LogP contribution in [0.5, 0.6) is 5.88 Å². The SMILES string of the molecule is O=C(Cc1ccc(Cl)cc1)NC1CCC(Oc2ccc(C(F)(F)F)cn2)CC1. The molecule has 1 N–H and O–H groups in total. The molecule has 3 rings (SSSR count). The van der Waals surface area contributed by atoms with Crippen LogP contribution in [-0.2, 0) is 17.4 Å². The van der Waals surface area contributed by atoms with Gasteiger partial charge < -0.3 is 10.1 Å². The molecule has 0 saturated heterocycles. The number of nitrogens with zero attached hydrogens (tertiary/aromatic N) is 1. The number of alkyl halides is 3. The van der Waals surface area contributed by atoms with E-state index < -0.39 is 11.7 Å². The van der Waals surface area contributed by atoms with E-state index in [1.807, 2.05) is 12.1 Å². The van der Waals surface area contributed by atoms with Crippen molar-refractivity contribution in [2.24, 2.45) is 0 Å². The molecule has 0 unspecified atom stereocenters. The second-order valence-corrected chi connectivity index (χ2v) is 7.28. The van der Waals surface area contributed by atoms with Gasteiger partial charge in [-0.25, -0.2) is 4.98 Å². The third kappa shape index (κ3) is 5.86. The van der Waals surface area contributed by atoms with Gasteiger partial charge >= 0.3 is 6.18 Å². The molecule has 1 heterocycles. The van der Waals surface area contributed by atoms with Crippen molar-refractivity contribution in [3.63, 3.8) is 0 Å². The number of hydrogen-bond donors (Lipinski definition) is 1. The zero-order valence-electron chi connectivity index (χ0n) is 15.0. The van der Waals surface area contributed by atoms with Crippen LogP contribution < -0.4 is 10.1 Å². The van der Waals surface area contributed by atoms with E-state index in [9.17, 15) is 18.0 Å². The number of benzene rings is 1. The number of halogens is 4. The third-order valence-electron chi connectivity index (χ3n) is 4.67. The number of aromatic nitrogens is 1. The molecule has 0 atom stereocenters. The van der Waals surface area contributed by atoms with Crippen LogP contribution in [0.4, 0.5) is 13.2 Å². The summed E-state index contributed by atoms with van der Waals surface area (Å²) in [6.45, 7) is 0. The van der Waals surface area contributed by atoms with Crippen molar-refractivity contribution < 1.29 is 22.7 Å². The molecule has 1 fully saturated rings. The molecule has 1 aromatic heterocycles. The number of carbonyl (C=O) groups excluding carboxylic acids is 1. The Morgan fingerprint density at radius 2 is 1.79 bits per heavy atom. The Bertz CT molecular complexity index is 787. The van der Waals surface area contributed by atoms with E-state index in [2.05, 4.69) is 10.3 Å². The maximum absolute atomic E-state index is 12.6. The highest BCUT2D eigenvalue weighted by Gasteiger charge is 2.31. The molecule has 0 bridgehead atoms. The Hall–Kier alpha value is -2.28. The van der Waals surface area contributed by atoms with Gasteiger partial charge in [0.2, 0.25) is 11.8 Å². The van der Waals surface area contributed by atoms with Gasteiger partial charge in [-0.3, -0.25) is 4.79 Å². The van der Waals surface area contributed by atoms with Gasteiger partial charge in [-0.05, 0) is 49.4 Å². The first-order valence-corrected chi connectivity index (χ1v) is 9.41. The van der Waals surface area contributed by atoms with E-state index in [1.54, 1.807) is 12.1 Å². The molecule has 4 nitrogen and oxygen atoms in total. The summed E-state index contributed by atoms with van der Waals surface area (Å²) in [5, 5.41) is 3.65. The van der Waals surface area contributed by atoms with Gasteiger partial charge in [-0.15, -0.1) is 0 Å². The van der Waals surface area contributed by atoms with Crippen molar-refractivity contribution in [3.8, 4) is 5.88 Å². The van der Waals surface area contributed by atoms with Crippen LogP contribution in [-0.4, -0.2) is 23.0 Å². The third-order valence-corrected chi connectivity index (χ3v) is 4.92. The Morgan fingerprint density at radius 3 is 2.36 bits per heavy atom. The molecule has 0 radical (unpaired) electrons. The number of rotatable bonds is 5. The first-order chi connectivity index (χ1) is 13.3. The topological polar surface area (TPSA) is 51.2 Å². The molecular weight excluding hydrogens is 393 g/mol. The molecule has 150 valence electrons. The quantitative estimate of drug-likeness (QED) is 0.767. The van der Waals surface area contributed by atoms with Crippen LogP contribution in [0.25, 0.3) is 0 Å². The summed E-state index contributed by atoms with van der Waals surface area (Å²) in [7, 11) is 0. The maximum Gasteiger partial charge on any atom is 0.417 e. The Labute approximate surface area is 166 Å². The zero-order chi connectivity index (χ0) is 20.1. The molecule has 1 aliphatic rings. The smallest absolute Gasteiger partial charge is 0.417 e. The van der Waals surface area contributed by atoms with Crippen molar-refractivity contribution in [1.82, 2.24) is 10.3 Å². The Kier molecular flexibility index (Phi) is 6.44. The predicted molar refractivity (Wildman–Crippen MR) is 99.2 cm³/mol. The summed E-state index contributed by atoms with van der Waals surface area (Å²) in [6, 6.07) is 9.42. The van der Waals surface area contributed by atoms with Gasteiger partial charge in [0.15, 0.2) is 0 Å². The second kappa shape index (κ2) is 8.82. The lowest BCUT2D eigenvalue weighted by molar-refractivity contribution is -0.137. The van der Waals surface area contributed by atoms with E-state index in [-0.39, 0.29) is 23.9 Å². The average Bonchev–Trinajstić information content (AvgIpc) is 2.65. The highest BCUT2D eigenvalue weighted by molar-refractivity contribution is 6.30. The Morgan fingerprint density at radius 1 is 1.11 bits per heavy atom. The molecule has 1 amide bonds. The monoisotopic (exact) mass is 412 g/mol. The summed E-state index contributed by atoms with van der Waals surface area (Å²) < 4.78 is 43.4. The van der Waals surface area contributed by atoms with Crippen LogP contribution >= 0.6 is 11.6 Å². The lowest BCUT2D eigenvalue weighted by Crippen LogP contribution is -2.40. The van der Waals surface area contributed by atoms with Crippen LogP contribution in [0.15, 0.2) is 42.6 Å².